The van der Waals surface area contributed by atoms with Gasteiger partial charge in [-0.2, -0.15) is 18.3 Å². The van der Waals surface area contributed by atoms with E-state index in [1.165, 1.54) is 24.3 Å². The average molecular weight is 560 g/mol. The Bertz CT molecular complexity index is 1700. The van der Waals surface area contributed by atoms with Gasteiger partial charge in [0.25, 0.3) is 5.91 Å². The highest BCUT2D eigenvalue weighted by atomic mass is 19.4. The summed E-state index contributed by atoms with van der Waals surface area (Å²) in [6.45, 7) is 2.03. The number of halogens is 3. The summed E-state index contributed by atoms with van der Waals surface area (Å²) in [6, 6.07) is 19.6. The van der Waals surface area contributed by atoms with Crippen LogP contribution in [-0.2, 0) is 17.4 Å². The van der Waals surface area contributed by atoms with Gasteiger partial charge in [-0.05, 0) is 53.4 Å². The number of phenols is 1. The van der Waals surface area contributed by atoms with Crippen molar-refractivity contribution in [3.8, 4) is 28.0 Å². The molecule has 7 nitrogen and oxygen atoms in total. The van der Waals surface area contributed by atoms with Crippen LogP contribution < -0.4 is 10.7 Å². The molecule has 10 heteroatoms. The molecule has 0 aromatic heterocycles. The monoisotopic (exact) mass is 559 g/mol. The van der Waals surface area contributed by atoms with Gasteiger partial charge in [0.05, 0.1) is 22.5 Å². The van der Waals surface area contributed by atoms with E-state index in [4.69, 9.17) is 0 Å². The molecule has 0 saturated carbocycles. The Morgan fingerprint density at radius 2 is 1.63 bits per heavy atom. The third-order valence-corrected chi connectivity index (χ3v) is 6.72. The zero-order valence-corrected chi connectivity index (χ0v) is 21.7. The number of para-hydroxylation sites is 1. The smallest absolute Gasteiger partial charge is 0.416 e. The number of aromatic carboxylic acids is 1. The number of nitrogens with zero attached hydrogens (tertiary/aromatic N) is 1. The molecular formula is C31H24F3N3O4. The van der Waals surface area contributed by atoms with Gasteiger partial charge in [-0.1, -0.05) is 61.9 Å². The summed E-state index contributed by atoms with van der Waals surface area (Å²) in [7, 11) is 0. The van der Waals surface area contributed by atoms with Gasteiger partial charge in [-0.3, -0.25) is 10.2 Å². The van der Waals surface area contributed by atoms with Crippen LogP contribution in [-0.4, -0.2) is 27.8 Å². The lowest BCUT2D eigenvalue weighted by atomic mass is 9.95. The lowest BCUT2D eigenvalue weighted by molar-refractivity contribution is -0.137. The lowest BCUT2D eigenvalue weighted by Gasteiger charge is -2.14. The van der Waals surface area contributed by atoms with Crippen molar-refractivity contribution < 1.29 is 33.0 Å². The Kier molecular flexibility index (Phi) is 7.23. The number of carboxylic acids is 1. The first-order chi connectivity index (χ1) is 19.6. The molecule has 4 N–H and O–H groups in total. The molecule has 0 aliphatic carbocycles. The number of carbonyl (C=O) groups excluding carboxylic acids is 1. The number of benzene rings is 4. The van der Waals surface area contributed by atoms with E-state index in [9.17, 15) is 33.0 Å². The van der Waals surface area contributed by atoms with Crippen molar-refractivity contribution in [3.05, 3.63) is 101 Å². The first-order valence-corrected chi connectivity index (χ1v) is 12.7. The van der Waals surface area contributed by atoms with E-state index in [1.807, 2.05) is 19.1 Å². The Hall–Kier alpha value is -5.12. The van der Waals surface area contributed by atoms with Gasteiger partial charge in [-0.25, -0.2) is 4.79 Å². The topological polar surface area (TPSA) is 111 Å². The lowest BCUT2D eigenvalue weighted by Crippen LogP contribution is -2.16. The molecule has 4 aromatic carbocycles. The Morgan fingerprint density at radius 3 is 2.32 bits per heavy atom. The number of nitrogens with one attached hydrogen (secondary N) is 2. The number of phenolic OH excluding ortho intramolecular Hbond substituents is 1. The van der Waals surface area contributed by atoms with E-state index in [0.29, 0.717) is 16.7 Å². The molecule has 1 amide bonds. The fourth-order valence-corrected chi connectivity index (χ4v) is 4.70. The van der Waals surface area contributed by atoms with Crippen molar-refractivity contribution in [3.63, 3.8) is 0 Å². The van der Waals surface area contributed by atoms with Crippen molar-refractivity contribution in [2.45, 2.75) is 25.9 Å². The van der Waals surface area contributed by atoms with Crippen molar-refractivity contribution >= 4 is 29.0 Å². The molecule has 41 heavy (non-hydrogen) atoms. The van der Waals surface area contributed by atoms with Gasteiger partial charge >= 0.3 is 12.1 Å². The Morgan fingerprint density at radius 1 is 0.927 bits per heavy atom. The van der Waals surface area contributed by atoms with Crippen LogP contribution in [0.3, 0.4) is 0 Å². The van der Waals surface area contributed by atoms with Crippen LogP contribution in [0.1, 0.15) is 40.4 Å². The van der Waals surface area contributed by atoms with Gasteiger partial charge in [0.1, 0.15) is 5.75 Å². The van der Waals surface area contributed by atoms with E-state index in [-0.39, 0.29) is 39.5 Å². The van der Waals surface area contributed by atoms with E-state index < -0.39 is 23.6 Å². The predicted octanol–water partition coefficient (Wildman–Crippen LogP) is 7.16. The maximum absolute atomic E-state index is 13.9. The second-order valence-electron chi connectivity index (χ2n) is 9.51. The molecule has 0 atom stereocenters. The zero-order valence-electron chi connectivity index (χ0n) is 21.7. The molecule has 1 heterocycles. The Balaban J connectivity index is 1.55. The predicted molar refractivity (Wildman–Crippen MR) is 150 cm³/mol. The minimum atomic E-state index is -4.67. The number of aryl methyl sites for hydroxylation is 1. The van der Waals surface area contributed by atoms with Crippen LogP contribution in [0.2, 0.25) is 0 Å². The summed E-state index contributed by atoms with van der Waals surface area (Å²) >= 11 is 0. The van der Waals surface area contributed by atoms with Crippen LogP contribution in [0, 0.1) is 0 Å². The number of hydrazone groups is 1. The van der Waals surface area contributed by atoms with Gasteiger partial charge in [0.2, 0.25) is 0 Å². The standard InChI is InChI=1S/C31H24F3N3O4/c1-2-5-17-10-12-18(13-11-17)23-15-21(31(32,33)34)16-24-26(23)35-29(39)27(24)37-36-25-9-4-8-22(28(25)38)19-6-3-7-20(14-19)30(40)41/h3-4,6-16,36,38H,2,5H2,1H3,(H,40,41)(H,35,37,39). The number of anilines is 2. The molecule has 1 aliphatic heterocycles. The largest absolute Gasteiger partial charge is 0.505 e. The van der Waals surface area contributed by atoms with E-state index in [1.54, 1.807) is 30.3 Å². The maximum Gasteiger partial charge on any atom is 0.416 e. The molecule has 0 saturated heterocycles. The number of fused-ring (bicyclic) bond motifs is 1. The fourth-order valence-electron chi connectivity index (χ4n) is 4.70. The summed E-state index contributed by atoms with van der Waals surface area (Å²) < 4.78 is 41.7. The highest BCUT2D eigenvalue weighted by molar-refractivity contribution is 6.54. The molecule has 0 unspecified atom stereocenters. The summed E-state index contributed by atoms with van der Waals surface area (Å²) in [5, 5.41) is 26.9. The van der Waals surface area contributed by atoms with Crippen LogP contribution in [0.5, 0.6) is 5.75 Å². The number of carboxylic acid groups (broad SMARTS) is 1. The number of alkyl halides is 3. The molecule has 0 spiro atoms. The highest BCUT2D eigenvalue weighted by Gasteiger charge is 2.37. The van der Waals surface area contributed by atoms with E-state index in [2.05, 4.69) is 15.8 Å². The summed E-state index contributed by atoms with van der Waals surface area (Å²) in [6.07, 6.45) is -2.92. The zero-order chi connectivity index (χ0) is 29.3. The van der Waals surface area contributed by atoms with Crippen LogP contribution >= 0.6 is 0 Å². The quantitative estimate of drug-likeness (QED) is 0.142. The molecule has 4 aromatic rings. The minimum absolute atomic E-state index is 0.0241. The number of hydrogen-bond donors (Lipinski definition) is 4. The van der Waals surface area contributed by atoms with Crippen molar-refractivity contribution in [2.75, 3.05) is 10.7 Å². The molecule has 0 bridgehead atoms. The first kappa shape index (κ1) is 27.4. The maximum atomic E-state index is 13.9. The van der Waals surface area contributed by atoms with E-state index >= 15 is 0 Å². The number of aromatic hydroxyl groups is 1. The third-order valence-electron chi connectivity index (χ3n) is 6.72. The van der Waals surface area contributed by atoms with Crippen LogP contribution in [0.25, 0.3) is 22.3 Å². The second-order valence-corrected chi connectivity index (χ2v) is 9.51. The Labute approximate surface area is 233 Å². The SMILES string of the molecule is CCCc1ccc(-c2cc(C(F)(F)F)cc3c2NC(=O)C3=NNc2cccc(-c3cccc(C(=O)O)c3)c2O)cc1. The van der Waals surface area contributed by atoms with Crippen molar-refractivity contribution in [1.82, 2.24) is 0 Å². The number of amides is 1. The summed E-state index contributed by atoms with van der Waals surface area (Å²) in [5.74, 6) is -2.12. The van der Waals surface area contributed by atoms with Gasteiger partial charge in [0, 0.05) is 16.7 Å². The molecule has 208 valence electrons. The second kappa shape index (κ2) is 10.8. The molecule has 0 radical (unpaired) electrons. The summed E-state index contributed by atoms with van der Waals surface area (Å²) in [5.41, 5.74) is 4.12. The van der Waals surface area contributed by atoms with Crippen molar-refractivity contribution in [2.24, 2.45) is 5.10 Å². The van der Waals surface area contributed by atoms with Gasteiger partial charge in [0.15, 0.2) is 5.71 Å². The van der Waals surface area contributed by atoms with Crippen LogP contribution in [0.4, 0.5) is 24.5 Å². The van der Waals surface area contributed by atoms with E-state index in [0.717, 1.165) is 30.5 Å². The van der Waals surface area contributed by atoms with Gasteiger partial charge < -0.3 is 15.5 Å². The van der Waals surface area contributed by atoms with Crippen LogP contribution in [0.15, 0.2) is 84.0 Å². The number of rotatable bonds is 7. The molecule has 1 aliphatic rings. The molecule has 0 fully saturated rings. The number of hydrogen-bond acceptors (Lipinski definition) is 5. The minimum Gasteiger partial charge on any atom is -0.505 e. The summed E-state index contributed by atoms with van der Waals surface area (Å²) in [4.78, 5) is 24.3. The third kappa shape index (κ3) is 5.49. The molecule has 5 rings (SSSR count). The average Bonchev–Trinajstić information content (AvgIpc) is 3.27. The van der Waals surface area contributed by atoms with Gasteiger partial charge in [-0.15, -0.1) is 0 Å². The fraction of sp³-hybridized carbons (Fsp3) is 0.129. The highest BCUT2D eigenvalue weighted by Crippen LogP contribution is 2.42. The first-order valence-electron chi connectivity index (χ1n) is 12.7. The molecular weight excluding hydrogens is 535 g/mol. The van der Waals surface area contributed by atoms with Crippen molar-refractivity contribution in [1.29, 1.82) is 0 Å². The normalized spacial score (nSPS) is 13.7. The number of carbonyl (C=O) groups is 2.